The summed E-state index contributed by atoms with van der Waals surface area (Å²) in [6.45, 7) is 1.98. The number of hydrogen-bond donors (Lipinski definition) is 1. The van der Waals surface area contributed by atoms with Crippen LogP contribution in [-0.4, -0.2) is 42.6 Å². The number of nitrogens with one attached hydrogen (secondary N) is 1. The van der Waals surface area contributed by atoms with Crippen LogP contribution < -0.4 is 9.47 Å². The highest BCUT2D eigenvalue weighted by Crippen LogP contribution is 2.34. The zero-order valence-corrected chi connectivity index (χ0v) is 18.1. The third kappa shape index (κ3) is 4.58. The van der Waals surface area contributed by atoms with Crippen molar-refractivity contribution in [3.05, 3.63) is 58.7 Å². The zero-order chi connectivity index (χ0) is 20.2. The van der Waals surface area contributed by atoms with Crippen LogP contribution in [0.4, 0.5) is 0 Å². The summed E-state index contributed by atoms with van der Waals surface area (Å²) in [4.78, 5) is 17.9. The summed E-state index contributed by atoms with van der Waals surface area (Å²) in [5.74, 6) is 2.27. The molecule has 1 amide bonds. The van der Waals surface area contributed by atoms with Crippen molar-refractivity contribution < 1.29 is 14.3 Å². The Morgan fingerprint density at radius 2 is 2.00 bits per heavy atom. The average Bonchev–Trinajstić information content (AvgIpc) is 3.17. The van der Waals surface area contributed by atoms with Gasteiger partial charge in [0.1, 0.15) is 11.5 Å². The molecule has 0 radical (unpaired) electrons. The molecule has 29 heavy (non-hydrogen) atoms. The molecule has 2 aromatic carbocycles. The molecule has 4 rings (SSSR count). The number of hydrogen-bond acceptors (Lipinski definition) is 3. The van der Waals surface area contributed by atoms with Crippen LogP contribution in [0, 0.1) is 0 Å². The minimum atomic E-state index is 0.166. The number of amides is 1. The maximum absolute atomic E-state index is 12.6. The first-order valence-electron chi connectivity index (χ1n) is 9.95. The van der Waals surface area contributed by atoms with Gasteiger partial charge in [-0.15, -0.1) is 0 Å². The van der Waals surface area contributed by atoms with E-state index in [0.29, 0.717) is 18.9 Å². The third-order valence-electron chi connectivity index (χ3n) is 5.59. The molecule has 0 saturated carbocycles. The van der Waals surface area contributed by atoms with Gasteiger partial charge in [-0.1, -0.05) is 22.0 Å². The van der Waals surface area contributed by atoms with E-state index >= 15 is 0 Å². The van der Waals surface area contributed by atoms with Crippen molar-refractivity contribution in [3.63, 3.8) is 0 Å². The van der Waals surface area contributed by atoms with E-state index in [9.17, 15) is 4.79 Å². The van der Waals surface area contributed by atoms with Gasteiger partial charge in [-0.3, -0.25) is 4.79 Å². The highest BCUT2D eigenvalue weighted by molar-refractivity contribution is 9.10. The summed E-state index contributed by atoms with van der Waals surface area (Å²) in [7, 11) is 1.69. The van der Waals surface area contributed by atoms with Crippen molar-refractivity contribution in [3.8, 4) is 11.5 Å². The zero-order valence-electron chi connectivity index (χ0n) is 16.5. The van der Waals surface area contributed by atoms with Crippen LogP contribution in [0.15, 0.2) is 53.1 Å². The van der Waals surface area contributed by atoms with E-state index in [0.717, 1.165) is 47.4 Å². The number of carbonyl (C=O) groups is 1. The predicted molar refractivity (Wildman–Crippen MR) is 118 cm³/mol. The van der Waals surface area contributed by atoms with E-state index in [1.165, 1.54) is 10.9 Å². The first-order valence-corrected chi connectivity index (χ1v) is 10.7. The molecule has 0 spiro atoms. The molecular formula is C23H25BrN2O3. The lowest BCUT2D eigenvalue weighted by molar-refractivity contribution is -0.132. The summed E-state index contributed by atoms with van der Waals surface area (Å²) < 4.78 is 12.1. The van der Waals surface area contributed by atoms with Crippen molar-refractivity contribution in [2.75, 3.05) is 26.8 Å². The number of aromatic nitrogens is 1. The normalized spacial score (nSPS) is 14.9. The Labute approximate surface area is 179 Å². The number of ether oxygens (including phenoxy) is 2. The third-order valence-corrected chi connectivity index (χ3v) is 6.08. The lowest BCUT2D eigenvalue weighted by atomic mass is 9.89. The summed E-state index contributed by atoms with van der Waals surface area (Å²) in [5, 5.41) is 1.22. The van der Waals surface area contributed by atoms with Crippen LogP contribution >= 0.6 is 15.9 Å². The highest BCUT2D eigenvalue weighted by atomic mass is 79.9. The quantitative estimate of drug-likeness (QED) is 0.560. The number of rotatable bonds is 6. The first kappa shape index (κ1) is 19.8. The molecular weight excluding hydrogens is 432 g/mol. The fourth-order valence-corrected chi connectivity index (χ4v) is 4.38. The van der Waals surface area contributed by atoms with Crippen LogP contribution in [0.3, 0.4) is 0 Å². The Kier molecular flexibility index (Phi) is 6.09. The number of aromatic amines is 1. The molecule has 3 aromatic rings. The van der Waals surface area contributed by atoms with Gasteiger partial charge >= 0.3 is 0 Å². The summed E-state index contributed by atoms with van der Waals surface area (Å²) in [6.07, 6.45) is 4.46. The van der Waals surface area contributed by atoms with Gasteiger partial charge in [0.25, 0.3) is 0 Å². The largest absolute Gasteiger partial charge is 0.497 e. The second-order valence-electron chi connectivity index (χ2n) is 7.37. The van der Waals surface area contributed by atoms with Crippen LogP contribution in [0.25, 0.3) is 10.9 Å². The summed E-state index contributed by atoms with van der Waals surface area (Å²) in [6, 6.07) is 13.8. The van der Waals surface area contributed by atoms with Gasteiger partial charge in [-0.25, -0.2) is 0 Å². The number of likely N-dealkylation sites (tertiary alicyclic amines) is 1. The topological polar surface area (TPSA) is 54.6 Å². The minimum Gasteiger partial charge on any atom is -0.497 e. The maximum Gasteiger partial charge on any atom is 0.225 e. The monoisotopic (exact) mass is 456 g/mol. The van der Waals surface area contributed by atoms with E-state index in [1.807, 2.05) is 35.2 Å². The number of halogens is 1. The van der Waals surface area contributed by atoms with Crippen molar-refractivity contribution in [2.24, 2.45) is 0 Å². The maximum atomic E-state index is 12.6. The number of benzene rings is 2. The Hall–Kier alpha value is -2.47. The predicted octanol–water partition coefficient (Wildman–Crippen LogP) is 5.11. The molecule has 0 bridgehead atoms. The van der Waals surface area contributed by atoms with Crippen molar-refractivity contribution in [1.29, 1.82) is 0 Å². The molecule has 6 heteroatoms. The number of piperidine rings is 1. The average molecular weight is 457 g/mol. The Bertz CT molecular complexity index is 993. The van der Waals surface area contributed by atoms with Crippen LogP contribution in [0.5, 0.6) is 11.5 Å². The molecule has 152 valence electrons. The Morgan fingerprint density at radius 1 is 1.17 bits per heavy atom. The summed E-state index contributed by atoms with van der Waals surface area (Å²) >= 11 is 3.43. The van der Waals surface area contributed by atoms with Crippen molar-refractivity contribution in [2.45, 2.75) is 25.2 Å². The Morgan fingerprint density at radius 3 is 2.76 bits per heavy atom. The van der Waals surface area contributed by atoms with E-state index in [4.69, 9.17) is 9.47 Å². The van der Waals surface area contributed by atoms with Crippen LogP contribution in [0.1, 0.15) is 30.7 Å². The number of fused-ring (bicyclic) bond motifs is 1. The van der Waals surface area contributed by atoms with E-state index in [2.05, 4.69) is 39.2 Å². The molecule has 1 aromatic heterocycles. The van der Waals surface area contributed by atoms with Gasteiger partial charge in [0.05, 0.1) is 20.1 Å². The van der Waals surface area contributed by atoms with E-state index in [1.54, 1.807) is 7.11 Å². The summed E-state index contributed by atoms with van der Waals surface area (Å²) in [5.41, 5.74) is 2.45. The van der Waals surface area contributed by atoms with Gasteiger partial charge in [0.2, 0.25) is 5.91 Å². The first-order chi connectivity index (χ1) is 14.1. The smallest absolute Gasteiger partial charge is 0.225 e. The second kappa shape index (κ2) is 8.91. The molecule has 1 fully saturated rings. The van der Waals surface area contributed by atoms with E-state index in [-0.39, 0.29) is 5.91 Å². The van der Waals surface area contributed by atoms with E-state index < -0.39 is 0 Å². The molecule has 1 aliphatic heterocycles. The van der Waals surface area contributed by atoms with Gasteiger partial charge in [0.15, 0.2) is 0 Å². The number of methoxy groups -OCH3 is 1. The molecule has 1 N–H and O–H groups in total. The SMILES string of the molecule is COc1ccc2[nH]cc(C3CCN(C(=O)CCOc4cccc(Br)c4)CC3)c2c1. The second-order valence-corrected chi connectivity index (χ2v) is 8.28. The fraction of sp³-hybridized carbons (Fsp3) is 0.348. The van der Waals surface area contributed by atoms with Gasteiger partial charge in [0, 0.05) is 34.7 Å². The van der Waals surface area contributed by atoms with Gasteiger partial charge < -0.3 is 19.4 Å². The molecule has 0 atom stereocenters. The highest BCUT2D eigenvalue weighted by Gasteiger charge is 2.25. The van der Waals surface area contributed by atoms with Gasteiger partial charge in [-0.05, 0) is 60.7 Å². The molecule has 2 heterocycles. The molecule has 1 saturated heterocycles. The molecule has 1 aliphatic rings. The van der Waals surface area contributed by atoms with Crippen molar-refractivity contribution in [1.82, 2.24) is 9.88 Å². The molecule has 0 unspecified atom stereocenters. The Balaban J connectivity index is 1.30. The van der Waals surface area contributed by atoms with Crippen molar-refractivity contribution >= 4 is 32.7 Å². The molecule has 0 aliphatic carbocycles. The lowest BCUT2D eigenvalue weighted by Gasteiger charge is -2.32. The van der Waals surface area contributed by atoms with Crippen LogP contribution in [0.2, 0.25) is 0 Å². The number of carbonyl (C=O) groups excluding carboxylic acids is 1. The number of nitrogens with zero attached hydrogens (tertiary/aromatic N) is 1. The molecule has 5 nitrogen and oxygen atoms in total. The van der Waals surface area contributed by atoms with Crippen LogP contribution in [-0.2, 0) is 4.79 Å². The number of H-pyrrole nitrogens is 1. The lowest BCUT2D eigenvalue weighted by Crippen LogP contribution is -2.38. The fourth-order valence-electron chi connectivity index (χ4n) is 4.00. The minimum absolute atomic E-state index is 0.166. The van der Waals surface area contributed by atoms with Gasteiger partial charge in [-0.2, -0.15) is 0 Å². The standard InChI is InChI=1S/C23H25BrN2O3/c1-28-18-5-6-22-20(14-18)21(15-25-22)16-7-10-26(11-8-16)23(27)9-12-29-19-4-2-3-17(24)13-19/h2-6,13-16,25H,7-12H2,1H3.